The molecule has 0 saturated heterocycles. The summed E-state index contributed by atoms with van der Waals surface area (Å²) in [7, 11) is 0. The summed E-state index contributed by atoms with van der Waals surface area (Å²) >= 11 is 0. The van der Waals surface area contributed by atoms with E-state index in [1.807, 2.05) is 0 Å². The van der Waals surface area contributed by atoms with Crippen molar-refractivity contribution in [2.75, 3.05) is 0 Å². The molecule has 0 bridgehead atoms. The largest absolute Gasteiger partial charge is 0.436 e. The average Bonchev–Trinajstić information content (AvgIpc) is 3.24. The summed E-state index contributed by atoms with van der Waals surface area (Å²) < 4.78 is 49.8. The minimum absolute atomic E-state index is 0.0756. The van der Waals surface area contributed by atoms with Crippen molar-refractivity contribution in [3.05, 3.63) is 129 Å². The number of rotatable bonds is 4. The van der Waals surface area contributed by atoms with Crippen molar-refractivity contribution in [3.8, 4) is 11.6 Å². The van der Waals surface area contributed by atoms with E-state index in [2.05, 4.69) is 5.10 Å². The van der Waals surface area contributed by atoms with Gasteiger partial charge in [-0.1, -0.05) is 78.9 Å². The van der Waals surface area contributed by atoms with Crippen LogP contribution in [0.25, 0.3) is 11.8 Å². The van der Waals surface area contributed by atoms with Crippen molar-refractivity contribution in [3.63, 3.8) is 0 Å². The van der Waals surface area contributed by atoms with Gasteiger partial charge in [0, 0.05) is 4.92 Å². The zero-order valence-corrected chi connectivity index (χ0v) is 18.1. The molecule has 2 heterocycles. The fourth-order valence-electron chi connectivity index (χ4n) is 4.30. The standard InChI is InChI=1S/C26H18F3N3O3/c27-26(28,29)24-22-21(18-12-6-2-7-13-18)23(32(33)34)20(16-17-10-4-1-5-11-17)35-25(22)31(30-24)19-14-8-3-9-15-19/h1-16,21,23H/b20-16-/t21-,23-/m1/s1. The lowest BCUT2D eigenvalue weighted by Crippen LogP contribution is -2.37. The molecular formula is C26H18F3N3O3. The van der Waals surface area contributed by atoms with Gasteiger partial charge in [-0.3, -0.25) is 10.1 Å². The van der Waals surface area contributed by atoms with E-state index in [0.717, 1.165) is 4.68 Å². The van der Waals surface area contributed by atoms with Crippen LogP contribution in [0.3, 0.4) is 0 Å². The lowest BCUT2D eigenvalue weighted by Gasteiger charge is -2.29. The van der Waals surface area contributed by atoms with Crippen LogP contribution in [0.2, 0.25) is 0 Å². The van der Waals surface area contributed by atoms with Crippen LogP contribution in [0, 0.1) is 10.1 Å². The number of ether oxygens (including phenoxy) is 1. The van der Waals surface area contributed by atoms with Crippen LogP contribution in [-0.2, 0) is 6.18 Å². The highest BCUT2D eigenvalue weighted by atomic mass is 19.4. The minimum Gasteiger partial charge on any atom is -0.436 e. The quantitative estimate of drug-likeness (QED) is 0.263. The molecule has 1 aliphatic rings. The van der Waals surface area contributed by atoms with Gasteiger partial charge in [-0.2, -0.15) is 23.0 Å². The van der Waals surface area contributed by atoms with E-state index >= 15 is 0 Å². The summed E-state index contributed by atoms with van der Waals surface area (Å²) in [5.74, 6) is -1.55. The van der Waals surface area contributed by atoms with Crippen molar-refractivity contribution in [1.82, 2.24) is 9.78 Å². The first kappa shape index (κ1) is 22.4. The number of benzene rings is 3. The van der Waals surface area contributed by atoms with Gasteiger partial charge in [-0.25, -0.2) is 0 Å². The maximum absolute atomic E-state index is 14.3. The van der Waals surface area contributed by atoms with Gasteiger partial charge in [0.15, 0.2) is 11.5 Å². The topological polar surface area (TPSA) is 70.2 Å². The summed E-state index contributed by atoms with van der Waals surface area (Å²) in [5, 5.41) is 16.2. The highest BCUT2D eigenvalue weighted by Crippen LogP contribution is 2.49. The fourth-order valence-corrected chi connectivity index (χ4v) is 4.30. The molecule has 4 aromatic rings. The number of para-hydroxylation sites is 1. The van der Waals surface area contributed by atoms with Crippen molar-refractivity contribution < 1.29 is 22.8 Å². The van der Waals surface area contributed by atoms with Gasteiger partial charge in [0.25, 0.3) is 6.04 Å². The van der Waals surface area contributed by atoms with E-state index in [9.17, 15) is 23.3 Å². The number of nitrogens with zero attached hydrogens (tertiary/aromatic N) is 3. The van der Waals surface area contributed by atoms with Crippen molar-refractivity contribution >= 4 is 6.08 Å². The summed E-state index contributed by atoms with van der Waals surface area (Å²) in [4.78, 5) is 11.8. The monoisotopic (exact) mass is 477 g/mol. The first-order valence-corrected chi connectivity index (χ1v) is 10.7. The molecule has 2 atom stereocenters. The van der Waals surface area contributed by atoms with E-state index < -0.39 is 28.8 Å². The number of fused-ring (bicyclic) bond motifs is 1. The SMILES string of the molecule is O=[N+]([O-])[C@@H]1/C(=C/c2ccccc2)Oc2c(c(C(F)(F)F)nn2-c2ccccc2)[C@H]1c1ccccc1. The molecule has 176 valence electrons. The first-order valence-electron chi connectivity index (χ1n) is 10.7. The molecule has 0 aliphatic carbocycles. The molecule has 0 amide bonds. The van der Waals surface area contributed by atoms with Crippen LogP contribution >= 0.6 is 0 Å². The van der Waals surface area contributed by atoms with Gasteiger partial charge in [-0.05, 0) is 29.3 Å². The lowest BCUT2D eigenvalue weighted by molar-refractivity contribution is -0.519. The number of hydrogen-bond acceptors (Lipinski definition) is 4. The summed E-state index contributed by atoms with van der Waals surface area (Å²) in [6.45, 7) is 0. The molecule has 0 unspecified atom stereocenters. The van der Waals surface area contributed by atoms with Gasteiger partial charge in [0.1, 0.15) is 0 Å². The van der Waals surface area contributed by atoms with Gasteiger partial charge in [0.2, 0.25) is 5.88 Å². The number of hydrogen-bond donors (Lipinski definition) is 0. The van der Waals surface area contributed by atoms with Crippen LogP contribution < -0.4 is 4.74 Å². The highest BCUT2D eigenvalue weighted by molar-refractivity contribution is 5.59. The molecule has 35 heavy (non-hydrogen) atoms. The van der Waals surface area contributed by atoms with Crippen LogP contribution in [0.4, 0.5) is 13.2 Å². The first-order chi connectivity index (χ1) is 16.8. The Morgan fingerprint density at radius 1 is 0.914 bits per heavy atom. The van der Waals surface area contributed by atoms with Crippen molar-refractivity contribution in [1.29, 1.82) is 0 Å². The summed E-state index contributed by atoms with van der Waals surface area (Å²) in [6, 6.07) is 23.5. The second-order valence-corrected chi connectivity index (χ2v) is 7.99. The molecule has 6 nitrogen and oxygen atoms in total. The zero-order chi connectivity index (χ0) is 24.6. The smallest absolute Gasteiger partial charge is 0.435 e. The predicted molar refractivity (Wildman–Crippen MR) is 123 cm³/mol. The fraction of sp³-hybridized carbons (Fsp3) is 0.115. The normalized spacial score (nSPS) is 18.7. The van der Waals surface area contributed by atoms with E-state index in [4.69, 9.17) is 4.74 Å². The molecule has 0 N–H and O–H groups in total. The number of alkyl halides is 3. The van der Waals surface area contributed by atoms with E-state index in [-0.39, 0.29) is 17.2 Å². The molecule has 1 aliphatic heterocycles. The third kappa shape index (κ3) is 4.16. The van der Waals surface area contributed by atoms with Crippen LogP contribution in [-0.4, -0.2) is 20.7 Å². The average molecular weight is 477 g/mol. The molecule has 3 aromatic carbocycles. The molecule has 1 aromatic heterocycles. The van der Waals surface area contributed by atoms with Crippen molar-refractivity contribution in [2.24, 2.45) is 0 Å². The number of nitro groups is 1. The third-order valence-electron chi connectivity index (χ3n) is 5.77. The highest BCUT2D eigenvalue weighted by Gasteiger charge is 2.52. The minimum atomic E-state index is -4.86. The van der Waals surface area contributed by atoms with Crippen LogP contribution in [0.1, 0.15) is 28.3 Å². The summed E-state index contributed by atoms with van der Waals surface area (Å²) in [5.41, 5.74) is -0.262. The Morgan fingerprint density at radius 3 is 2.06 bits per heavy atom. The van der Waals surface area contributed by atoms with Gasteiger partial charge in [-0.15, -0.1) is 0 Å². The van der Waals surface area contributed by atoms with Gasteiger partial charge >= 0.3 is 6.18 Å². The zero-order valence-electron chi connectivity index (χ0n) is 18.1. The Morgan fingerprint density at radius 2 is 1.49 bits per heavy atom. The second-order valence-electron chi connectivity index (χ2n) is 7.99. The maximum atomic E-state index is 14.3. The second kappa shape index (κ2) is 8.75. The van der Waals surface area contributed by atoms with Crippen molar-refractivity contribution in [2.45, 2.75) is 18.1 Å². The summed E-state index contributed by atoms with van der Waals surface area (Å²) in [6.07, 6.45) is -3.37. The molecular weight excluding hydrogens is 459 g/mol. The Labute approximate surface area is 198 Å². The maximum Gasteiger partial charge on any atom is 0.435 e. The molecule has 5 rings (SSSR count). The Kier molecular flexibility index (Phi) is 5.60. The molecule has 0 radical (unpaired) electrons. The van der Waals surface area contributed by atoms with Crippen LogP contribution in [0.5, 0.6) is 5.88 Å². The molecule has 0 spiro atoms. The van der Waals surface area contributed by atoms with Gasteiger partial charge < -0.3 is 4.74 Å². The molecule has 0 saturated carbocycles. The lowest BCUT2D eigenvalue weighted by atomic mass is 9.82. The Hall–Kier alpha value is -4.40. The Bertz CT molecular complexity index is 1390. The van der Waals surface area contributed by atoms with E-state index in [0.29, 0.717) is 16.8 Å². The molecule has 0 fully saturated rings. The Balaban J connectivity index is 1.83. The number of halogens is 3. The van der Waals surface area contributed by atoms with E-state index in [1.165, 1.54) is 6.08 Å². The molecule has 9 heteroatoms. The van der Waals surface area contributed by atoms with E-state index in [1.54, 1.807) is 91.0 Å². The van der Waals surface area contributed by atoms with Gasteiger partial charge in [0.05, 0.1) is 17.2 Å². The number of aromatic nitrogens is 2. The third-order valence-corrected chi connectivity index (χ3v) is 5.77. The predicted octanol–water partition coefficient (Wildman–Crippen LogP) is 6.10. The van der Waals surface area contributed by atoms with Crippen LogP contribution in [0.15, 0.2) is 96.8 Å².